The Kier molecular flexibility index (Phi) is 19.5. The molecular weight excluding hydrogens is 350 g/mol. The van der Waals surface area contributed by atoms with Crippen LogP contribution in [0.4, 0.5) is 7.77 Å². The van der Waals surface area contributed by atoms with E-state index >= 15 is 0 Å². The molecule has 0 heterocycles. The number of nitrogens with zero attached hydrogens (tertiary/aromatic N) is 4. The lowest BCUT2D eigenvalue weighted by Gasteiger charge is -2.20. The van der Waals surface area contributed by atoms with Crippen molar-refractivity contribution in [3.63, 3.8) is 0 Å². The van der Waals surface area contributed by atoms with Gasteiger partial charge in [-0.1, -0.05) is 5.11 Å². The van der Waals surface area contributed by atoms with E-state index < -0.39 is 0 Å². The topological polar surface area (TPSA) is 79.7 Å². The van der Waals surface area contributed by atoms with Gasteiger partial charge in [-0.25, -0.2) is 0 Å². The molecule has 11 heteroatoms. The first-order valence-corrected chi connectivity index (χ1v) is 9.05. The van der Waals surface area contributed by atoms with Gasteiger partial charge in [0.1, 0.15) is 0 Å². The molecule has 0 unspecified atom stereocenters. The molecule has 0 aromatic carbocycles. The van der Waals surface area contributed by atoms with Crippen LogP contribution in [0.1, 0.15) is 0 Å². The molecule has 7 nitrogen and oxygen atoms in total. The molecule has 0 aliphatic heterocycles. The SMILES string of the molecule is [N-]=[N+]=NCCOCCOCCOCCN(CCSF)CCSF. The van der Waals surface area contributed by atoms with E-state index in [0.29, 0.717) is 77.3 Å². The van der Waals surface area contributed by atoms with E-state index in [-0.39, 0.29) is 24.3 Å². The minimum Gasteiger partial charge on any atom is -0.379 e. The van der Waals surface area contributed by atoms with Crippen LogP contribution >= 0.6 is 24.3 Å². The first-order valence-electron chi connectivity index (χ1n) is 7.28. The van der Waals surface area contributed by atoms with Crippen molar-refractivity contribution < 1.29 is 22.0 Å². The molecule has 0 aromatic heterocycles. The summed E-state index contributed by atoms with van der Waals surface area (Å²) in [7, 11) is 0. The molecule has 0 spiro atoms. The summed E-state index contributed by atoms with van der Waals surface area (Å²) in [5.74, 6) is 0.749. The summed E-state index contributed by atoms with van der Waals surface area (Å²) in [5, 5.41) is 3.34. The fourth-order valence-electron chi connectivity index (χ4n) is 1.55. The summed E-state index contributed by atoms with van der Waals surface area (Å²) in [6.45, 7) is 4.81. The van der Waals surface area contributed by atoms with Crippen LogP contribution in [0, 0.1) is 0 Å². The van der Waals surface area contributed by atoms with Gasteiger partial charge in [-0.2, -0.15) is 7.77 Å². The molecule has 0 saturated heterocycles. The van der Waals surface area contributed by atoms with Crippen molar-refractivity contribution in [2.45, 2.75) is 0 Å². The van der Waals surface area contributed by atoms with Crippen molar-refractivity contribution in [1.29, 1.82) is 0 Å². The van der Waals surface area contributed by atoms with Crippen molar-refractivity contribution >= 4 is 24.3 Å². The van der Waals surface area contributed by atoms with E-state index in [4.69, 9.17) is 19.7 Å². The minimum atomic E-state index is 0.286. The summed E-state index contributed by atoms with van der Waals surface area (Å²) < 4.78 is 40.1. The third kappa shape index (κ3) is 17.9. The second-order valence-electron chi connectivity index (χ2n) is 4.26. The highest BCUT2D eigenvalue weighted by atomic mass is 32.2. The van der Waals surface area contributed by atoms with Crippen LogP contribution in [-0.2, 0) is 14.2 Å². The zero-order chi connectivity index (χ0) is 17.0. The molecule has 0 aromatic rings. The van der Waals surface area contributed by atoms with Crippen molar-refractivity contribution in [2.24, 2.45) is 5.11 Å². The predicted octanol–water partition coefficient (Wildman–Crippen LogP) is 2.88. The summed E-state index contributed by atoms with van der Waals surface area (Å²) in [4.78, 5) is 4.58. The molecule has 0 fully saturated rings. The Hall–Kier alpha value is -0.290. The Labute approximate surface area is 144 Å². The van der Waals surface area contributed by atoms with E-state index in [1.807, 2.05) is 4.90 Å². The van der Waals surface area contributed by atoms with Crippen LogP contribution in [-0.4, -0.2) is 82.2 Å². The molecule has 0 saturated carbocycles. The van der Waals surface area contributed by atoms with E-state index in [2.05, 4.69) is 10.0 Å². The van der Waals surface area contributed by atoms with Crippen LogP contribution in [0.15, 0.2) is 5.11 Å². The normalized spacial score (nSPS) is 10.9. The lowest BCUT2D eigenvalue weighted by Crippen LogP contribution is -2.32. The number of hydrogen-bond donors (Lipinski definition) is 0. The number of ether oxygens (including phenoxy) is 3. The van der Waals surface area contributed by atoms with Crippen LogP contribution < -0.4 is 0 Å². The van der Waals surface area contributed by atoms with Crippen molar-refractivity contribution in [3.05, 3.63) is 10.4 Å². The third-order valence-corrected chi connectivity index (χ3v) is 3.34. The maximum atomic E-state index is 12.1. The summed E-state index contributed by atoms with van der Waals surface area (Å²) in [6.07, 6.45) is 0. The number of hydrogen-bond acceptors (Lipinski definition) is 7. The summed E-state index contributed by atoms with van der Waals surface area (Å²) in [5.41, 5.74) is 8.05. The summed E-state index contributed by atoms with van der Waals surface area (Å²) >= 11 is 0.572. The molecule has 0 atom stereocenters. The van der Waals surface area contributed by atoms with Crippen molar-refractivity contribution in [1.82, 2.24) is 4.90 Å². The Morgan fingerprint density at radius 1 is 0.826 bits per heavy atom. The van der Waals surface area contributed by atoms with Gasteiger partial charge in [0, 0.05) is 66.9 Å². The van der Waals surface area contributed by atoms with E-state index in [9.17, 15) is 7.77 Å². The fraction of sp³-hybridized carbons (Fsp3) is 1.00. The van der Waals surface area contributed by atoms with Gasteiger partial charge in [0.15, 0.2) is 0 Å². The number of rotatable bonds is 18. The molecule has 0 aliphatic rings. The van der Waals surface area contributed by atoms with Crippen LogP contribution in [0.3, 0.4) is 0 Å². The molecule has 23 heavy (non-hydrogen) atoms. The van der Waals surface area contributed by atoms with E-state index in [1.165, 1.54) is 0 Å². The van der Waals surface area contributed by atoms with Gasteiger partial charge in [0.25, 0.3) is 0 Å². The van der Waals surface area contributed by atoms with Crippen LogP contribution in [0.25, 0.3) is 10.4 Å². The quantitative estimate of drug-likeness (QED) is 0.159. The lowest BCUT2D eigenvalue weighted by molar-refractivity contribution is 0.0123. The zero-order valence-corrected chi connectivity index (χ0v) is 14.7. The third-order valence-electron chi connectivity index (χ3n) is 2.66. The highest BCUT2D eigenvalue weighted by molar-refractivity contribution is 7.94. The average molecular weight is 374 g/mol. The van der Waals surface area contributed by atoms with E-state index in [0.717, 1.165) is 0 Å². The lowest BCUT2D eigenvalue weighted by atomic mass is 10.5. The number of halogens is 2. The van der Waals surface area contributed by atoms with Gasteiger partial charge in [0.05, 0.1) is 39.6 Å². The largest absolute Gasteiger partial charge is 0.379 e. The molecular formula is C12H24F2N4O3S2. The Morgan fingerprint density at radius 3 is 1.87 bits per heavy atom. The standard InChI is InChI=1S/C12H24F2N4O3S2/c13-22-11-3-18(4-12-23-14)2-6-20-8-10-21-9-7-19-5-1-16-17-15/h1-12H2. The first-order chi connectivity index (χ1) is 11.3. The molecule has 0 bridgehead atoms. The van der Waals surface area contributed by atoms with Crippen LogP contribution in [0.5, 0.6) is 0 Å². The van der Waals surface area contributed by atoms with Gasteiger partial charge in [-0.3, -0.25) is 4.90 Å². The maximum absolute atomic E-state index is 12.1. The molecule has 0 radical (unpaired) electrons. The predicted molar refractivity (Wildman–Crippen MR) is 90.0 cm³/mol. The molecule has 136 valence electrons. The summed E-state index contributed by atoms with van der Waals surface area (Å²) in [6, 6.07) is 0. The second kappa shape index (κ2) is 19.8. The van der Waals surface area contributed by atoms with Crippen molar-refractivity contribution in [2.75, 3.05) is 77.3 Å². The van der Waals surface area contributed by atoms with Crippen LogP contribution in [0.2, 0.25) is 0 Å². The highest BCUT2D eigenvalue weighted by Gasteiger charge is 2.05. The molecule has 0 N–H and O–H groups in total. The van der Waals surface area contributed by atoms with E-state index in [1.54, 1.807) is 0 Å². The van der Waals surface area contributed by atoms with Gasteiger partial charge in [-0.05, 0) is 5.53 Å². The second-order valence-corrected chi connectivity index (χ2v) is 5.51. The van der Waals surface area contributed by atoms with Gasteiger partial charge < -0.3 is 14.2 Å². The Balaban J connectivity index is 3.35. The van der Waals surface area contributed by atoms with Gasteiger partial charge >= 0.3 is 0 Å². The fourth-order valence-corrected chi connectivity index (χ4v) is 2.20. The van der Waals surface area contributed by atoms with Crippen molar-refractivity contribution in [3.8, 4) is 0 Å². The number of azide groups is 1. The van der Waals surface area contributed by atoms with Gasteiger partial charge in [0.2, 0.25) is 0 Å². The van der Waals surface area contributed by atoms with Gasteiger partial charge in [-0.15, -0.1) is 0 Å². The monoisotopic (exact) mass is 374 g/mol. The highest BCUT2D eigenvalue weighted by Crippen LogP contribution is 2.04. The molecule has 0 rings (SSSR count). The smallest absolute Gasteiger partial charge is 0.0701 e. The Bertz CT molecular complexity index is 295. The Morgan fingerprint density at radius 2 is 1.35 bits per heavy atom. The zero-order valence-electron chi connectivity index (χ0n) is 13.1. The molecule has 0 amide bonds. The molecule has 0 aliphatic carbocycles. The first kappa shape index (κ1) is 22.7. The minimum absolute atomic E-state index is 0.286. The maximum Gasteiger partial charge on any atom is 0.0701 e. The average Bonchev–Trinajstić information content (AvgIpc) is 2.57.